The van der Waals surface area contributed by atoms with E-state index in [1.807, 2.05) is 13.0 Å². The van der Waals surface area contributed by atoms with Crippen molar-refractivity contribution in [1.29, 1.82) is 0 Å². The summed E-state index contributed by atoms with van der Waals surface area (Å²) >= 11 is 0. The first-order valence-corrected chi connectivity index (χ1v) is 5.72. The van der Waals surface area contributed by atoms with E-state index in [9.17, 15) is 4.79 Å². The lowest BCUT2D eigenvalue weighted by atomic mass is 9.95. The number of aryl methyl sites for hydroxylation is 1. The number of nitrogens with zero attached hydrogens (tertiary/aromatic N) is 3. The van der Waals surface area contributed by atoms with E-state index in [1.165, 1.54) is 0 Å². The van der Waals surface area contributed by atoms with Crippen LogP contribution in [0.4, 0.5) is 5.82 Å². The van der Waals surface area contributed by atoms with E-state index in [2.05, 4.69) is 14.9 Å². The van der Waals surface area contributed by atoms with Gasteiger partial charge in [-0.25, -0.2) is 9.97 Å². The topological polar surface area (TPSA) is 46.1 Å². The molecule has 1 aromatic heterocycles. The molecule has 0 aromatic carbocycles. The van der Waals surface area contributed by atoms with Crippen molar-refractivity contribution < 1.29 is 4.79 Å². The molecular weight excluding hydrogens is 202 g/mol. The minimum absolute atomic E-state index is 0.170. The first-order chi connectivity index (χ1) is 7.66. The van der Waals surface area contributed by atoms with Crippen molar-refractivity contribution in [2.24, 2.45) is 5.92 Å². The van der Waals surface area contributed by atoms with Gasteiger partial charge in [0.05, 0.1) is 0 Å². The predicted molar refractivity (Wildman–Crippen MR) is 62.4 cm³/mol. The fraction of sp³-hybridized carbons (Fsp3) is 0.583. The van der Waals surface area contributed by atoms with Crippen molar-refractivity contribution in [1.82, 2.24) is 9.97 Å². The van der Waals surface area contributed by atoms with E-state index in [0.29, 0.717) is 0 Å². The monoisotopic (exact) mass is 219 g/mol. The Morgan fingerprint density at radius 2 is 2.38 bits per heavy atom. The van der Waals surface area contributed by atoms with E-state index < -0.39 is 0 Å². The number of carbonyl (C=O) groups is 1. The van der Waals surface area contributed by atoms with Gasteiger partial charge in [-0.3, -0.25) is 4.79 Å². The quantitative estimate of drug-likeness (QED) is 0.757. The average molecular weight is 219 g/mol. The molecule has 1 aliphatic heterocycles. The molecule has 2 heterocycles. The molecule has 1 fully saturated rings. The largest absolute Gasteiger partial charge is 0.356 e. The first-order valence-electron chi connectivity index (χ1n) is 5.72. The van der Waals surface area contributed by atoms with Gasteiger partial charge >= 0.3 is 0 Å². The van der Waals surface area contributed by atoms with Gasteiger partial charge in [-0.1, -0.05) is 0 Å². The van der Waals surface area contributed by atoms with Crippen LogP contribution in [0.3, 0.4) is 0 Å². The summed E-state index contributed by atoms with van der Waals surface area (Å²) < 4.78 is 0. The van der Waals surface area contributed by atoms with Crippen LogP contribution in [0.1, 0.15) is 25.6 Å². The van der Waals surface area contributed by atoms with Crippen LogP contribution in [0.5, 0.6) is 0 Å². The highest BCUT2D eigenvalue weighted by Crippen LogP contribution is 2.21. The van der Waals surface area contributed by atoms with Crippen LogP contribution in [0.15, 0.2) is 12.3 Å². The molecule has 1 unspecified atom stereocenters. The Bertz CT molecular complexity index is 392. The maximum Gasteiger partial charge on any atom is 0.134 e. The maximum absolute atomic E-state index is 11.4. The normalized spacial score (nSPS) is 20.9. The Hall–Kier alpha value is -1.45. The summed E-state index contributed by atoms with van der Waals surface area (Å²) in [6, 6.07) is 1.91. The molecule has 4 heteroatoms. The third-order valence-corrected chi connectivity index (χ3v) is 3.08. The number of carbonyl (C=O) groups excluding carboxylic acids is 1. The minimum atomic E-state index is 0.170. The molecule has 0 N–H and O–H groups in total. The highest BCUT2D eigenvalue weighted by Gasteiger charge is 2.23. The average Bonchev–Trinajstić information content (AvgIpc) is 2.29. The zero-order valence-corrected chi connectivity index (χ0v) is 9.81. The first kappa shape index (κ1) is 11.0. The van der Waals surface area contributed by atoms with Crippen molar-refractivity contribution in [2.45, 2.75) is 26.7 Å². The van der Waals surface area contributed by atoms with Gasteiger partial charge in [0.15, 0.2) is 0 Å². The van der Waals surface area contributed by atoms with Gasteiger partial charge in [0.2, 0.25) is 0 Å². The van der Waals surface area contributed by atoms with Gasteiger partial charge in [0.1, 0.15) is 17.4 Å². The molecule has 1 saturated heterocycles. The van der Waals surface area contributed by atoms with Crippen LogP contribution < -0.4 is 4.90 Å². The van der Waals surface area contributed by atoms with Crippen molar-refractivity contribution in [3.8, 4) is 0 Å². The van der Waals surface area contributed by atoms with Gasteiger partial charge < -0.3 is 4.90 Å². The maximum atomic E-state index is 11.4. The van der Waals surface area contributed by atoms with Crippen LogP contribution in [0.25, 0.3) is 0 Å². The molecule has 16 heavy (non-hydrogen) atoms. The van der Waals surface area contributed by atoms with E-state index in [1.54, 1.807) is 13.1 Å². The fourth-order valence-electron chi connectivity index (χ4n) is 2.14. The smallest absolute Gasteiger partial charge is 0.134 e. The molecule has 86 valence electrons. The van der Waals surface area contributed by atoms with Crippen molar-refractivity contribution in [3.63, 3.8) is 0 Å². The van der Waals surface area contributed by atoms with E-state index in [0.717, 1.165) is 37.6 Å². The Morgan fingerprint density at radius 1 is 1.56 bits per heavy atom. The van der Waals surface area contributed by atoms with Gasteiger partial charge in [0.25, 0.3) is 0 Å². The van der Waals surface area contributed by atoms with E-state index >= 15 is 0 Å². The summed E-state index contributed by atoms with van der Waals surface area (Å²) in [5.74, 6) is 2.18. The molecule has 1 aliphatic rings. The second kappa shape index (κ2) is 4.60. The highest BCUT2D eigenvalue weighted by molar-refractivity contribution is 5.79. The lowest BCUT2D eigenvalue weighted by Gasteiger charge is -2.32. The van der Waals surface area contributed by atoms with Crippen molar-refractivity contribution in [2.75, 3.05) is 18.0 Å². The summed E-state index contributed by atoms with van der Waals surface area (Å²) in [4.78, 5) is 22.0. The SMILES string of the molecule is CC(=O)C1CCCN(c2ccnc(C)n2)C1. The number of piperidine rings is 1. The summed E-state index contributed by atoms with van der Waals surface area (Å²) in [5.41, 5.74) is 0. The Labute approximate surface area is 95.7 Å². The number of aromatic nitrogens is 2. The summed E-state index contributed by atoms with van der Waals surface area (Å²) in [7, 11) is 0. The second-order valence-corrected chi connectivity index (χ2v) is 4.36. The predicted octanol–water partition coefficient (Wildman–Crippen LogP) is 1.59. The van der Waals surface area contributed by atoms with Crippen LogP contribution >= 0.6 is 0 Å². The van der Waals surface area contributed by atoms with E-state index in [-0.39, 0.29) is 11.7 Å². The van der Waals surface area contributed by atoms with Crippen LogP contribution in [0, 0.1) is 12.8 Å². The summed E-state index contributed by atoms with van der Waals surface area (Å²) in [6.45, 7) is 5.35. The zero-order valence-electron chi connectivity index (χ0n) is 9.81. The summed E-state index contributed by atoms with van der Waals surface area (Å²) in [6.07, 6.45) is 3.85. The fourth-order valence-corrected chi connectivity index (χ4v) is 2.14. The van der Waals surface area contributed by atoms with Crippen LogP contribution in [-0.2, 0) is 4.79 Å². The lowest BCUT2D eigenvalue weighted by Crippen LogP contribution is -2.38. The number of hydrogen-bond acceptors (Lipinski definition) is 4. The summed E-state index contributed by atoms with van der Waals surface area (Å²) in [5, 5.41) is 0. The number of rotatable bonds is 2. The molecule has 0 radical (unpaired) electrons. The Kier molecular flexibility index (Phi) is 3.17. The van der Waals surface area contributed by atoms with Gasteiger partial charge in [-0.15, -0.1) is 0 Å². The second-order valence-electron chi connectivity index (χ2n) is 4.36. The standard InChI is InChI=1S/C12H17N3O/c1-9(16)11-4-3-7-15(8-11)12-5-6-13-10(2)14-12/h5-6,11H,3-4,7-8H2,1-2H3. The third kappa shape index (κ3) is 2.38. The molecule has 0 saturated carbocycles. The molecule has 0 spiro atoms. The number of Topliss-reactive ketones (excluding diaryl/α,β-unsaturated/α-hetero) is 1. The van der Waals surface area contributed by atoms with Gasteiger partial charge in [0, 0.05) is 25.2 Å². The molecular formula is C12H17N3O. The Morgan fingerprint density at radius 3 is 3.06 bits per heavy atom. The molecule has 4 nitrogen and oxygen atoms in total. The highest BCUT2D eigenvalue weighted by atomic mass is 16.1. The molecule has 1 aromatic rings. The van der Waals surface area contributed by atoms with Crippen molar-refractivity contribution >= 4 is 11.6 Å². The molecule has 0 amide bonds. The van der Waals surface area contributed by atoms with E-state index in [4.69, 9.17) is 0 Å². The molecule has 0 aliphatic carbocycles. The lowest BCUT2D eigenvalue weighted by molar-refractivity contribution is -0.120. The third-order valence-electron chi connectivity index (χ3n) is 3.08. The molecule has 1 atom stereocenters. The molecule has 0 bridgehead atoms. The molecule has 2 rings (SSSR count). The van der Waals surface area contributed by atoms with Gasteiger partial charge in [-0.2, -0.15) is 0 Å². The minimum Gasteiger partial charge on any atom is -0.356 e. The van der Waals surface area contributed by atoms with Gasteiger partial charge in [-0.05, 0) is 32.8 Å². The Balaban J connectivity index is 2.12. The number of anilines is 1. The van der Waals surface area contributed by atoms with Crippen LogP contribution in [0.2, 0.25) is 0 Å². The van der Waals surface area contributed by atoms with Crippen LogP contribution in [-0.4, -0.2) is 28.8 Å². The van der Waals surface area contributed by atoms with Crippen molar-refractivity contribution in [3.05, 3.63) is 18.1 Å². The number of hydrogen-bond donors (Lipinski definition) is 0. The zero-order chi connectivity index (χ0) is 11.5. The number of ketones is 1.